The molecule has 0 saturated heterocycles. The number of nitrogens with two attached hydrogens (primary N) is 1. The van der Waals surface area contributed by atoms with Gasteiger partial charge in [0.25, 0.3) is 0 Å². The number of aromatic nitrogens is 1. The lowest BCUT2D eigenvalue weighted by Gasteiger charge is -2.16. The Morgan fingerprint density at radius 1 is 1.57 bits per heavy atom. The number of rotatable bonds is 6. The van der Waals surface area contributed by atoms with E-state index in [1.54, 1.807) is 12.3 Å². The summed E-state index contributed by atoms with van der Waals surface area (Å²) in [6, 6.07) is 5.48. The number of furan rings is 1. The molecule has 2 rings (SSSR count). The highest BCUT2D eigenvalue weighted by Gasteiger charge is 2.15. The normalized spacial score (nSPS) is 11.9. The van der Waals surface area contributed by atoms with E-state index in [9.17, 15) is 4.79 Å². The molecule has 1 unspecified atom stereocenters. The molecule has 2 heterocycles. The Morgan fingerprint density at radius 3 is 3.05 bits per heavy atom. The van der Waals surface area contributed by atoms with E-state index in [-0.39, 0.29) is 6.04 Å². The fourth-order valence-corrected chi connectivity index (χ4v) is 1.98. The van der Waals surface area contributed by atoms with E-state index in [1.165, 1.54) is 13.3 Å². The fourth-order valence-electron chi connectivity index (χ4n) is 1.98. The number of aryl methyl sites for hydroxylation is 1. The third kappa shape index (κ3) is 3.98. The Morgan fingerprint density at radius 2 is 2.38 bits per heavy atom. The molecule has 21 heavy (non-hydrogen) atoms. The van der Waals surface area contributed by atoms with Crippen LogP contribution in [-0.2, 0) is 11.2 Å². The molecule has 0 bridgehead atoms. The predicted molar refractivity (Wildman–Crippen MR) is 80.1 cm³/mol. The van der Waals surface area contributed by atoms with Gasteiger partial charge in [0.05, 0.1) is 25.3 Å². The minimum absolute atomic E-state index is 0.120. The zero-order valence-corrected chi connectivity index (χ0v) is 12.1. The van der Waals surface area contributed by atoms with Crippen LogP contribution < -0.4 is 11.1 Å². The van der Waals surface area contributed by atoms with Crippen molar-refractivity contribution < 1.29 is 13.9 Å². The molecule has 3 N–H and O–H groups in total. The molecule has 0 amide bonds. The number of ether oxygens (including phenoxy) is 1. The number of esters is 1. The van der Waals surface area contributed by atoms with Gasteiger partial charge in [-0.25, -0.2) is 9.78 Å². The van der Waals surface area contributed by atoms with Crippen LogP contribution in [0.15, 0.2) is 35.1 Å². The lowest BCUT2D eigenvalue weighted by Crippen LogP contribution is -2.19. The van der Waals surface area contributed by atoms with Gasteiger partial charge in [-0.05, 0) is 31.5 Å². The highest BCUT2D eigenvalue weighted by Crippen LogP contribution is 2.18. The van der Waals surface area contributed by atoms with Crippen LogP contribution in [0.4, 0.5) is 11.5 Å². The summed E-state index contributed by atoms with van der Waals surface area (Å²) in [5.41, 5.74) is 6.42. The summed E-state index contributed by atoms with van der Waals surface area (Å²) >= 11 is 0. The lowest BCUT2D eigenvalue weighted by molar-refractivity contribution is 0.0601. The third-order valence-electron chi connectivity index (χ3n) is 3.10. The van der Waals surface area contributed by atoms with E-state index in [0.717, 1.165) is 18.6 Å². The maximum absolute atomic E-state index is 11.7. The van der Waals surface area contributed by atoms with E-state index < -0.39 is 5.97 Å². The molecule has 2 aromatic heterocycles. The van der Waals surface area contributed by atoms with Gasteiger partial charge < -0.3 is 20.2 Å². The average molecular weight is 289 g/mol. The second kappa shape index (κ2) is 6.78. The summed E-state index contributed by atoms with van der Waals surface area (Å²) in [6.45, 7) is 2.02. The van der Waals surface area contributed by atoms with Gasteiger partial charge in [0.1, 0.15) is 17.1 Å². The molecule has 6 heteroatoms. The van der Waals surface area contributed by atoms with Crippen molar-refractivity contribution in [2.75, 3.05) is 18.2 Å². The van der Waals surface area contributed by atoms with E-state index in [4.69, 9.17) is 14.9 Å². The number of nitrogens with one attached hydrogen (secondary N) is 1. The van der Waals surface area contributed by atoms with Crippen molar-refractivity contribution in [3.8, 4) is 0 Å². The summed E-state index contributed by atoms with van der Waals surface area (Å²) in [6.07, 6.45) is 4.82. The first-order valence-corrected chi connectivity index (χ1v) is 6.73. The molecule has 1 atom stereocenters. The van der Waals surface area contributed by atoms with Gasteiger partial charge in [-0.15, -0.1) is 0 Å². The van der Waals surface area contributed by atoms with Crippen molar-refractivity contribution in [1.82, 2.24) is 4.98 Å². The van der Waals surface area contributed by atoms with Crippen LogP contribution in [0.5, 0.6) is 0 Å². The van der Waals surface area contributed by atoms with Crippen LogP contribution in [0, 0.1) is 0 Å². The van der Waals surface area contributed by atoms with Crippen molar-refractivity contribution >= 4 is 17.5 Å². The Kier molecular flexibility index (Phi) is 4.81. The second-order valence-electron chi connectivity index (χ2n) is 4.82. The molecule has 112 valence electrons. The van der Waals surface area contributed by atoms with E-state index in [0.29, 0.717) is 17.1 Å². The quantitative estimate of drug-likeness (QED) is 0.794. The minimum Gasteiger partial charge on any atom is -0.469 e. The monoisotopic (exact) mass is 289 g/mol. The van der Waals surface area contributed by atoms with Gasteiger partial charge in [0.15, 0.2) is 0 Å². The Labute approximate surface area is 123 Å². The van der Waals surface area contributed by atoms with E-state index in [2.05, 4.69) is 10.3 Å². The van der Waals surface area contributed by atoms with E-state index >= 15 is 0 Å². The largest absolute Gasteiger partial charge is 0.469 e. The Bertz CT molecular complexity index is 596. The van der Waals surface area contributed by atoms with Crippen molar-refractivity contribution in [1.29, 1.82) is 0 Å². The molecule has 0 saturated carbocycles. The van der Waals surface area contributed by atoms with Gasteiger partial charge in [-0.3, -0.25) is 0 Å². The number of nitrogen functional groups attached to an aromatic ring is 1. The van der Waals surface area contributed by atoms with Crippen molar-refractivity contribution in [2.24, 2.45) is 0 Å². The maximum Gasteiger partial charge on any atom is 0.341 e. The maximum atomic E-state index is 11.7. The summed E-state index contributed by atoms with van der Waals surface area (Å²) in [5, 5.41) is 3.21. The number of carbonyl (C=O) groups is 1. The number of anilines is 2. The first-order chi connectivity index (χ1) is 10.1. The third-order valence-corrected chi connectivity index (χ3v) is 3.10. The highest BCUT2D eigenvalue weighted by atomic mass is 16.5. The van der Waals surface area contributed by atoms with Crippen LogP contribution in [0.25, 0.3) is 0 Å². The second-order valence-corrected chi connectivity index (χ2v) is 4.82. The van der Waals surface area contributed by atoms with Crippen molar-refractivity contribution in [3.63, 3.8) is 0 Å². The molecule has 0 fully saturated rings. The molecule has 0 radical (unpaired) electrons. The van der Waals surface area contributed by atoms with Gasteiger partial charge in [0, 0.05) is 12.5 Å². The predicted octanol–water partition coefficient (Wildman–Crippen LogP) is 2.48. The highest BCUT2D eigenvalue weighted by molar-refractivity contribution is 5.95. The fraction of sp³-hybridized carbons (Fsp3) is 0.333. The first kappa shape index (κ1) is 14.9. The topological polar surface area (TPSA) is 90.4 Å². The molecular formula is C15H19N3O3. The first-order valence-electron chi connectivity index (χ1n) is 6.73. The standard InChI is InChI=1S/C15H19N3O3/c1-10(5-6-12-4-3-7-21-12)18-14-13(15(19)20-2)8-11(16)9-17-14/h3-4,7-10H,5-6,16H2,1-2H3,(H,17,18). The average Bonchev–Trinajstić information content (AvgIpc) is 2.99. The molecule has 0 aliphatic carbocycles. The summed E-state index contributed by atoms with van der Waals surface area (Å²) in [7, 11) is 1.33. The molecule has 0 spiro atoms. The smallest absolute Gasteiger partial charge is 0.341 e. The zero-order valence-electron chi connectivity index (χ0n) is 12.1. The Hall–Kier alpha value is -2.50. The Balaban J connectivity index is 2.02. The lowest BCUT2D eigenvalue weighted by atomic mass is 10.1. The molecule has 6 nitrogen and oxygen atoms in total. The number of pyridine rings is 1. The van der Waals surface area contributed by atoms with Crippen LogP contribution in [0.2, 0.25) is 0 Å². The van der Waals surface area contributed by atoms with Gasteiger partial charge in [-0.2, -0.15) is 0 Å². The minimum atomic E-state index is -0.462. The molecule has 0 aliphatic rings. The number of carbonyl (C=O) groups excluding carboxylic acids is 1. The van der Waals surface area contributed by atoms with Gasteiger partial charge >= 0.3 is 5.97 Å². The molecule has 0 aromatic carbocycles. The molecule has 0 aliphatic heterocycles. The van der Waals surface area contributed by atoms with Crippen LogP contribution >= 0.6 is 0 Å². The SMILES string of the molecule is COC(=O)c1cc(N)cnc1NC(C)CCc1ccco1. The van der Waals surface area contributed by atoms with Crippen LogP contribution in [-0.4, -0.2) is 24.1 Å². The van der Waals surface area contributed by atoms with Crippen LogP contribution in [0.1, 0.15) is 29.5 Å². The molecule has 2 aromatic rings. The van der Waals surface area contributed by atoms with Gasteiger partial charge in [0.2, 0.25) is 0 Å². The number of methoxy groups -OCH3 is 1. The number of nitrogens with zero attached hydrogens (tertiary/aromatic N) is 1. The number of hydrogen-bond donors (Lipinski definition) is 2. The van der Waals surface area contributed by atoms with Gasteiger partial charge in [-0.1, -0.05) is 0 Å². The summed E-state index contributed by atoms with van der Waals surface area (Å²) < 4.78 is 10.0. The zero-order chi connectivity index (χ0) is 15.2. The molecular weight excluding hydrogens is 270 g/mol. The summed E-state index contributed by atoms with van der Waals surface area (Å²) in [5.74, 6) is 0.945. The number of hydrogen-bond acceptors (Lipinski definition) is 6. The van der Waals surface area contributed by atoms with Crippen molar-refractivity contribution in [3.05, 3.63) is 42.0 Å². The van der Waals surface area contributed by atoms with Crippen LogP contribution in [0.3, 0.4) is 0 Å². The van der Waals surface area contributed by atoms with Crippen molar-refractivity contribution in [2.45, 2.75) is 25.8 Å². The van der Waals surface area contributed by atoms with E-state index in [1.807, 2.05) is 19.1 Å². The summed E-state index contributed by atoms with van der Waals surface area (Å²) in [4.78, 5) is 15.9.